The predicted octanol–water partition coefficient (Wildman–Crippen LogP) is 5.03. The van der Waals surface area contributed by atoms with Gasteiger partial charge in [0.05, 0.1) is 16.5 Å². The van der Waals surface area contributed by atoms with Gasteiger partial charge in [-0.2, -0.15) is 5.26 Å². The summed E-state index contributed by atoms with van der Waals surface area (Å²) in [6.45, 7) is 6.21. The van der Waals surface area contributed by atoms with Gasteiger partial charge < -0.3 is 19.8 Å². The van der Waals surface area contributed by atoms with Gasteiger partial charge in [-0.25, -0.2) is 0 Å². The van der Waals surface area contributed by atoms with E-state index in [4.69, 9.17) is 11.6 Å². The molecule has 3 heterocycles. The second kappa shape index (κ2) is 10.3. The smallest absolute Gasteiger partial charge is 0.306 e. The summed E-state index contributed by atoms with van der Waals surface area (Å²) in [5.41, 5.74) is 3.66. The number of carbonyl (C=O) groups is 2. The molecule has 0 radical (unpaired) electrons. The van der Waals surface area contributed by atoms with Crippen molar-refractivity contribution in [2.24, 2.45) is 11.3 Å². The van der Waals surface area contributed by atoms with Crippen LogP contribution >= 0.6 is 11.6 Å². The number of aliphatic carboxylic acids is 1. The third-order valence-corrected chi connectivity index (χ3v) is 8.92. The zero-order valence-corrected chi connectivity index (χ0v) is 22.0. The molecule has 8 heteroatoms. The molecule has 2 aromatic carbocycles. The van der Waals surface area contributed by atoms with Gasteiger partial charge in [-0.1, -0.05) is 11.6 Å². The van der Waals surface area contributed by atoms with Gasteiger partial charge in [0.2, 0.25) is 0 Å². The Morgan fingerprint density at radius 3 is 2.27 bits per heavy atom. The summed E-state index contributed by atoms with van der Waals surface area (Å²) in [5.74, 6) is -1.13. The topological polar surface area (TPSA) is 87.9 Å². The van der Waals surface area contributed by atoms with Crippen LogP contribution in [-0.4, -0.2) is 60.6 Å². The Morgan fingerprint density at radius 1 is 1.03 bits per heavy atom. The molecule has 1 spiro atoms. The lowest BCUT2D eigenvalue weighted by molar-refractivity contribution is -0.143. The Kier molecular flexibility index (Phi) is 7.04. The lowest BCUT2D eigenvalue weighted by Crippen LogP contribution is -2.42. The zero-order valence-electron chi connectivity index (χ0n) is 21.2. The van der Waals surface area contributed by atoms with Crippen molar-refractivity contribution in [1.29, 1.82) is 5.26 Å². The van der Waals surface area contributed by atoms with E-state index in [9.17, 15) is 20.0 Å². The van der Waals surface area contributed by atoms with Gasteiger partial charge in [0.1, 0.15) is 6.07 Å². The summed E-state index contributed by atoms with van der Waals surface area (Å²) in [6, 6.07) is 16.2. The van der Waals surface area contributed by atoms with Gasteiger partial charge in [0.15, 0.2) is 0 Å². The molecule has 1 atom stereocenters. The molecular weight excluding hydrogens is 488 g/mol. The zero-order chi connectivity index (χ0) is 26.2. The maximum Gasteiger partial charge on any atom is 0.306 e. The van der Waals surface area contributed by atoms with E-state index >= 15 is 0 Å². The summed E-state index contributed by atoms with van der Waals surface area (Å²) in [7, 11) is 0. The molecule has 2 aromatic rings. The first-order valence-electron chi connectivity index (χ1n) is 13.1. The number of halogens is 1. The fourth-order valence-corrected chi connectivity index (χ4v) is 6.58. The van der Waals surface area contributed by atoms with Crippen molar-refractivity contribution < 1.29 is 14.7 Å². The Hall–Kier alpha value is -3.24. The molecule has 0 unspecified atom stereocenters. The van der Waals surface area contributed by atoms with E-state index in [0.717, 1.165) is 50.3 Å². The largest absolute Gasteiger partial charge is 0.481 e. The number of amides is 1. The summed E-state index contributed by atoms with van der Waals surface area (Å²) in [4.78, 5) is 30.7. The van der Waals surface area contributed by atoms with Crippen LogP contribution < -0.4 is 9.80 Å². The molecule has 0 saturated carbocycles. The fourth-order valence-electron chi connectivity index (χ4n) is 6.37. The fraction of sp³-hybridized carbons (Fsp3) is 0.483. The number of piperidine rings is 2. The van der Waals surface area contributed by atoms with Gasteiger partial charge in [-0.15, -0.1) is 0 Å². The van der Waals surface area contributed by atoms with Gasteiger partial charge in [-0.3, -0.25) is 9.59 Å². The first kappa shape index (κ1) is 25.4. The van der Waals surface area contributed by atoms with Crippen LogP contribution in [0.3, 0.4) is 0 Å². The van der Waals surface area contributed by atoms with Gasteiger partial charge in [-0.05, 0) is 86.9 Å². The van der Waals surface area contributed by atoms with Crippen LogP contribution in [0, 0.1) is 22.7 Å². The number of hydrogen-bond donors (Lipinski definition) is 1. The van der Waals surface area contributed by atoms with E-state index in [1.165, 1.54) is 0 Å². The lowest BCUT2D eigenvalue weighted by Gasteiger charge is -2.40. The second-order valence-electron chi connectivity index (χ2n) is 10.9. The first-order chi connectivity index (χ1) is 17.8. The number of nitrogens with zero attached hydrogens (tertiary/aromatic N) is 4. The van der Waals surface area contributed by atoms with Crippen LogP contribution in [0.4, 0.5) is 11.4 Å². The molecule has 3 saturated heterocycles. The number of hydrogen-bond acceptors (Lipinski definition) is 5. The minimum absolute atomic E-state index is 0.0177. The highest BCUT2D eigenvalue weighted by molar-refractivity contribution is 6.32. The molecule has 7 nitrogen and oxygen atoms in total. The van der Waals surface area contributed by atoms with Gasteiger partial charge in [0.25, 0.3) is 5.91 Å². The van der Waals surface area contributed by atoms with E-state index in [-0.39, 0.29) is 17.2 Å². The molecule has 37 heavy (non-hydrogen) atoms. The number of anilines is 2. The van der Waals surface area contributed by atoms with Crippen molar-refractivity contribution in [2.75, 3.05) is 42.5 Å². The van der Waals surface area contributed by atoms with Crippen LogP contribution in [0.5, 0.6) is 0 Å². The van der Waals surface area contributed by atoms with Crippen LogP contribution in [0.15, 0.2) is 42.5 Å². The standard InChI is InChI=1S/C29H33ClN4O3/c1-20-17-29(19-34(20)25-7-4-23(18-31)26(30)16-25)10-14-32(15-11-29)24-5-2-21(3-6-24)27(35)33-12-8-22(9-13-33)28(36)37/h2-7,16,20,22H,8-15,17,19H2,1H3,(H,36,37)/t20-/m0/s1. The minimum Gasteiger partial charge on any atom is -0.481 e. The maximum atomic E-state index is 12.9. The van der Waals surface area contributed by atoms with E-state index < -0.39 is 5.97 Å². The molecule has 3 aliphatic rings. The molecular formula is C29H33ClN4O3. The molecule has 194 valence electrons. The molecule has 1 amide bonds. The number of likely N-dealkylation sites (tertiary alicyclic amines) is 1. The van der Waals surface area contributed by atoms with Crippen LogP contribution in [-0.2, 0) is 4.79 Å². The monoisotopic (exact) mass is 520 g/mol. The molecule has 0 aliphatic carbocycles. The maximum absolute atomic E-state index is 12.9. The third kappa shape index (κ3) is 5.13. The summed E-state index contributed by atoms with van der Waals surface area (Å²) < 4.78 is 0. The van der Waals surface area contributed by atoms with E-state index in [1.807, 2.05) is 42.5 Å². The number of carbonyl (C=O) groups excluding carboxylic acids is 1. The Balaban J connectivity index is 1.18. The molecule has 5 rings (SSSR count). The van der Waals surface area contributed by atoms with E-state index in [1.54, 1.807) is 4.90 Å². The van der Waals surface area contributed by atoms with Crippen molar-refractivity contribution in [3.05, 3.63) is 58.6 Å². The van der Waals surface area contributed by atoms with E-state index in [0.29, 0.717) is 48.1 Å². The number of carboxylic acids is 1. The number of carboxylic acid groups (broad SMARTS) is 1. The summed E-state index contributed by atoms with van der Waals surface area (Å²) in [6.07, 6.45) is 4.39. The number of nitriles is 1. The Bertz CT molecular complexity index is 1210. The summed E-state index contributed by atoms with van der Waals surface area (Å²) >= 11 is 6.31. The van der Waals surface area contributed by atoms with Crippen LogP contribution in [0.1, 0.15) is 54.9 Å². The Morgan fingerprint density at radius 2 is 1.68 bits per heavy atom. The summed E-state index contributed by atoms with van der Waals surface area (Å²) in [5, 5.41) is 18.9. The normalized spacial score (nSPS) is 21.8. The van der Waals surface area contributed by atoms with Crippen LogP contribution in [0.25, 0.3) is 0 Å². The molecule has 3 fully saturated rings. The van der Waals surface area contributed by atoms with Gasteiger partial charge >= 0.3 is 5.97 Å². The molecule has 0 bridgehead atoms. The highest BCUT2D eigenvalue weighted by atomic mass is 35.5. The SMILES string of the molecule is C[C@H]1CC2(CCN(c3ccc(C(=O)N4CCC(C(=O)O)CC4)cc3)CC2)CN1c1ccc(C#N)c(Cl)c1. The average Bonchev–Trinajstić information content (AvgIpc) is 3.24. The Labute approximate surface area is 223 Å². The van der Waals surface area contributed by atoms with Crippen molar-refractivity contribution in [3.63, 3.8) is 0 Å². The third-order valence-electron chi connectivity index (χ3n) is 8.61. The predicted molar refractivity (Wildman–Crippen MR) is 144 cm³/mol. The van der Waals surface area contributed by atoms with Crippen molar-refractivity contribution in [1.82, 2.24) is 4.90 Å². The van der Waals surface area contributed by atoms with Gasteiger partial charge in [0, 0.05) is 55.7 Å². The quantitative estimate of drug-likeness (QED) is 0.608. The first-order valence-corrected chi connectivity index (χ1v) is 13.5. The minimum atomic E-state index is -0.766. The number of rotatable bonds is 4. The highest BCUT2D eigenvalue weighted by Gasteiger charge is 2.44. The van der Waals surface area contributed by atoms with E-state index in [2.05, 4.69) is 22.8 Å². The second-order valence-corrected chi connectivity index (χ2v) is 11.3. The molecule has 3 aliphatic heterocycles. The molecule has 0 aromatic heterocycles. The van der Waals surface area contributed by atoms with Crippen molar-refractivity contribution in [2.45, 2.75) is 45.1 Å². The lowest BCUT2D eigenvalue weighted by atomic mass is 9.76. The van der Waals surface area contributed by atoms with Crippen molar-refractivity contribution >= 4 is 34.9 Å². The molecule has 1 N–H and O–H groups in total. The van der Waals surface area contributed by atoms with Crippen LogP contribution in [0.2, 0.25) is 5.02 Å². The number of benzene rings is 2. The van der Waals surface area contributed by atoms with Crippen molar-refractivity contribution in [3.8, 4) is 6.07 Å². The average molecular weight is 521 g/mol. The highest BCUT2D eigenvalue weighted by Crippen LogP contribution is 2.46.